The number of ether oxygens (including phenoxy) is 2. The summed E-state index contributed by atoms with van der Waals surface area (Å²) < 4.78 is 10.4. The summed E-state index contributed by atoms with van der Waals surface area (Å²) in [5.74, 6) is 1.22. The van der Waals surface area contributed by atoms with Gasteiger partial charge in [-0.3, -0.25) is 0 Å². The molecule has 1 N–H and O–H groups in total. The van der Waals surface area contributed by atoms with Gasteiger partial charge in [0.2, 0.25) is 5.88 Å². The lowest BCUT2D eigenvalue weighted by Crippen LogP contribution is -2.43. The summed E-state index contributed by atoms with van der Waals surface area (Å²) in [5.41, 5.74) is 0.707. The summed E-state index contributed by atoms with van der Waals surface area (Å²) in [6.07, 6.45) is 10.4. The molecule has 1 unspecified atom stereocenters. The van der Waals surface area contributed by atoms with Crippen LogP contribution in [0.25, 0.3) is 0 Å². The number of pyridine rings is 1. The molecular weight excluding hydrogens is 318 g/mol. The summed E-state index contributed by atoms with van der Waals surface area (Å²) in [5, 5.41) is 2.99. The summed E-state index contributed by atoms with van der Waals surface area (Å²) in [6, 6.07) is 4.01. The Labute approximate surface area is 149 Å². The van der Waals surface area contributed by atoms with Crippen molar-refractivity contribution in [2.75, 3.05) is 32.2 Å². The van der Waals surface area contributed by atoms with Crippen LogP contribution in [-0.4, -0.2) is 48.8 Å². The first kappa shape index (κ1) is 18.0. The van der Waals surface area contributed by atoms with Crippen LogP contribution in [-0.2, 0) is 4.74 Å². The zero-order chi connectivity index (χ0) is 17.5. The number of urea groups is 1. The number of amides is 2. The first-order chi connectivity index (χ1) is 12.3. The van der Waals surface area contributed by atoms with Gasteiger partial charge in [0.25, 0.3) is 0 Å². The lowest BCUT2D eigenvalue weighted by molar-refractivity contribution is 0.144. The first-order valence-electron chi connectivity index (χ1n) is 9.43. The van der Waals surface area contributed by atoms with E-state index in [4.69, 9.17) is 9.47 Å². The smallest absolute Gasteiger partial charge is 0.322 e. The van der Waals surface area contributed by atoms with Crippen molar-refractivity contribution >= 4 is 11.7 Å². The number of nitrogens with zero attached hydrogens (tertiary/aromatic N) is 2. The van der Waals surface area contributed by atoms with Crippen LogP contribution >= 0.6 is 0 Å². The average molecular weight is 347 g/mol. The molecule has 1 aromatic rings. The molecule has 2 fully saturated rings. The van der Waals surface area contributed by atoms with Gasteiger partial charge in [0.05, 0.1) is 18.5 Å². The van der Waals surface area contributed by atoms with Crippen molar-refractivity contribution < 1.29 is 14.3 Å². The normalized spacial score (nSPS) is 21.3. The molecule has 1 aliphatic heterocycles. The van der Waals surface area contributed by atoms with E-state index in [0.29, 0.717) is 36.7 Å². The van der Waals surface area contributed by atoms with E-state index >= 15 is 0 Å². The van der Waals surface area contributed by atoms with Gasteiger partial charge in [-0.15, -0.1) is 0 Å². The molecule has 0 spiro atoms. The van der Waals surface area contributed by atoms with Gasteiger partial charge in [-0.2, -0.15) is 0 Å². The van der Waals surface area contributed by atoms with Crippen LogP contribution in [0.3, 0.4) is 0 Å². The molecule has 6 nitrogen and oxygen atoms in total. The van der Waals surface area contributed by atoms with Gasteiger partial charge >= 0.3 is 6.03 Å². The van der Waals surface area contributed by atoms with Gasteiger partial charge in [-0.25, -0.2) is 9.78 Å². The maximum Gasteiger partial charge on any atom is 0.322 e. The van der Waals surface area contributed by atoms with E-state index in [9.17, 15) is 4.79 Å². The molecule has 138 valence electrons. The molecule has 3 rings (SSSR count). The number of hydrogen-bond donors (Lipinski definition) is 1. The minimum atomic E-state index is 0.00271. The maximum absolute atomic E-state index is 12.7. The Balaban J connectivity index is 1.53. The van der Waals surface area contributed by atoms with E-state index in [1.807, 2.05) is 11.0 Å². The van der Waals surface area contributed by atoms with Gasteiger partial charge in [-0.1, -0.05) is 19.3 Å². The molecule has 0 aromatic carbocycles. The minimum Gasteiger partial charge on any atom is -0.475 e. The van der Waals surface area contributed by atoms with Gasteiger partial charge in [-0.05, 0) is 37.7 Å². The SMILES string of the molecule is COCCOc1ccc(NC(=O)N2CCCC2C2CCCCC2)cn1. The highest BCUT2D eigenvalue weighted by molar-refractivity contribution is 5.89. The summed E-state index contributed by atoms with van der Waals surface area (Å²) >= 11 is 0. The topological polar surface area (TPSA) is 63.7 Å². The number of nitrogens with one attached hydrogen (secondary N) is 1. The lowest BCUT2D eigenvalue weighted by Gasteiger charge is -2.34. The molecule has 2 heterocycles. The van der Waals surface area contributed by atoms with Crippen molar-refractivity contribution in [3.63, 3.8) is 0 Å². The fourth-order valence-corrected chi connectivity index (χ4v) is 4.02. The van der Waals surface area contributed by atoms with E-state index < -0.39 is 0 Å². The monoisotopic (exact) mass is 347 g/mol. The molecule has 2 aliphatic rings. The second-order valence-corrected chi connectivity index (χ2v) is 6.96. The van der Waals surface area contributed by atoms with Gasteiger partial charge in [0.1, 0.15) is 6.61 Å². The van der Waals surface area contributed by atoms with Crippen molar-refractivity contribution in [3.8, 4) is 5.88 Å². The Bertz CT molecular complexity index is 543. The fraction of sp³-hybridized carbons (Fsp3) is 0.684. The highest BCUT2D eigenvalue weighted by Crippen LogP contribution is 2.34. The molecule has 1 saturated heterocycles. The van der Waals surface area contributed by atoms with Crippen LogP contribution in [0.2, 0.25) is 0 Å². The Kier molecular flexibility index (Phi) is 6.50. The summed E-state index contributed by atoms with van der Waals surface area (Å²) in [6.45, 7) is 1.85. The van der Waals surface area contributed by atoms with E-state index in [2.05, 4.69) is 10.3 Å². The lowest BCUT2D eigenvalue weighted by atomic mass is 9.83. The second-order valence-electron chi connectivity index (χ2n) is 6.96. The standard InChI is InChI=1S/C19H29N3O3/c1-24-12-13-25-18-10-9-16(14-20-18)21-19(23)22-11-5-8-17(22)15-6-3-2-4-7-15/h9-10,14-15,17H,2-8,11-13H2,1H3,(H,21,23). The largest absolute Gasteiger partial charge is 0.475 e. The Morgan fingerprint density at radius 3 is 2.76 bits per heavy atom. The predicted octanol–water partition coefficient (Wildman–Crippen LogP) is 3.68. The third-order valence-corrected chi connectivity index (χ3v) is 5.28. The van der Waals surface area contributed by atoms with Crippen LogP contribution < -0.4 is 10.1 Å². The van der Waals surface area contributed by atoms with Crippen molar-refractivity contribution in [2.45, 2.75) is 51.0 Å². The minimum absolute atomic E-state index is 0.00271. The highest BCUT2D eigenvalue weighted by Gasteiger charge is 2.35. The number of methoxy groups -OCH3 is 1. The van der Waals surface area contributed by atoms with Crippen molar-refractivity contribution in [2.24, 2.45) is 5.92 Å². The Morgan fingerprint density at radius 2 is 2.04 bits per heavy atom. The van der Waals surface area contributed by atoms with Gasteiger partial charge < -0.3 is 19.7 Å². The van der Waals surface area contributed by atoms with Crippen LogP contribution in [0.1, 0.15) is 44.9 Å². The van der Waals surface area contributed by atoms with Crippen LogP contribution in [0.15, 0.2) is 18.3 Å². The maximum atomic E-state index is 12.7. The molecule has 2 amide bonds. The molecule has 1 aromatic heterocycles. The molecule has 25 heavy (non-hydrogen) atoms. The molecule has 1 atom stereocenters. The quantitative estimate of drug-likeness (QED) is 0.797. The van der Waals surface area contributed by atoms with E-state index in [-0.39, 0.29) is 6.03 Å². The molecule has 1 aliphatic carbocycles. The van der Waals surface area contributed by atoms with Crippen LogP contribution in [0.5, 0.6) is 5.88 Å². The molecule has 6 heteroatoms. The molecule has 0 radical (unpaired) electrons. The van der Waals surface area contributed by atoms with Crippen LogP contribution in [0.4, 0.5) is 10.5 Å². The Hall–Kier alpha value is -1.82. The highest BCUT2D eigenvalue weighted by atomic mass is 16.5. The van der Waals surface area contributed by atoms with E-state index in [1.165, 1.54) is 32.1 Å². The number of likely N-dealkylation sites (tertiary alicyclic amines) is 1. The third-order valence-electron chi connectivity index (χ3n) is 5.28. The van der Waals surface area contributed by atoms with Crippen molar-refractivity contribution in [1.82, 2.24) is 9.88 Å². The van der Waals surface area contributed by atoms with Crippen LogP contribution in [0, 0.1) is 5.92 Å². The average Bonchev–Trinajstić information content (AvgIpc) is 3.14. The number of hydrogen-bond acceptors (Lipinski definition) is 4. The Morgan fingerprint density at radius 1 is 1.20 bits per heavy atom. The zero-order valence-corrected chi connectivity index (χ0v) is 15.1. The number of anilines is 1. The van der Waals surface area contributed by atoms with Crippen molar-refractivity contribution in [3.05, 3.63) is 18.3 Å². The van der Waals surface area contributed by atoms with Crippen molar-refractivity contribution in [1.29, 1.82) is 0 Å². The number of carbonyl (C=O) groups is 1. The third kappa shape index (κ3) is 4.84. The predicted molar refractivity (Wildman–Crippen MR) is 96.9 cm³/mol. The number of aromatic nitrogens is 1. The fourth-order valence-electron chi connectivity index (χ4n) is 4.02. The summed E-state index contributed by atoms with van der Waals surface area (Å²) in [4.78, 5) is 19.0. The summed E-state index contributed by atoms with van der Waals surface area (Å²) in [7, 11) is 1.63. The number of carbonyl (C=O) groups excluding carboxylic acids is 1. The van der Waals surface area contributed by atoms with Gasteiger partial charge in [0, 0.05) is 25.8 Å². The molecule has 1 saturated carbocycles. The van der Waals surface area contributed by atoms with E-state index in [0.717, 1.165) is 19.4 Å². The first-order valence-corrected chi connectivity index (χ1v) is 9.43. The van der Waals surface area contributed by atoms with Gasteiger partial charge in [0.15, 0.2) is 0 Å². The van der Waals surface area contributed by atoms with E-state index in [1.54, 1.807) is 19.4 Å². The molecular formula is C19H29N3O3. The second kappa shape index (κ2) is 9.04. The number of rotatable bonds is 6. The zero-order valence-electron chi connectivity index (χ0n) is 15.1. The molecule has 0 bridgehead atoms.